The molecule has 1 atom stereocenters. The Hall–Kier alpha value is -1.69. The molecule has 1 aromatic carbocycles. The molecule has 0 spiro atoms. The van der Waals surface area contributed by atoms with E-state index >= 15 is 0 Å². The molecule has 0 unspecified atom stereocenters. The van der Waals surface area contributed by atoms with Crippen molar-refractivity contribution in [2.45, 2.75) is 64.9 Å². The quantitative estimate of drug-likeness (QED) is 0.834. The molecule has 2 aromatic rings. The highest BCUT2D eigenvalue weighted by atomic mass is 32.2. The fraction of sp³-hybridized carbons (Fsp3) is 0.556. The zero-order valence-corrected chi connectivity index (χ0v) is 16.3. The Labute approximate surface area is 144 Å². The van der Waals surface area contributed by atoms with E-state index in [0.29, 0.717) is 5.89 Å². The molecule has 1 heterocycles. The van der Waals surface area contributed by atoms with Gasteiger partial charge in [0.15, 0.2) is 9.84 Å². The molecule has 24 heavy (non-hydrogen) atoms. The largest absolute Gasteiger partial charge is 0.424 e. The molecule has 1 aromatic heterocycles. The smallest absolute Gasteiger partial charge is 0.234 e. The van der Waals surface area contributed by atoms with Gasteiger partial charge in [-0.15, -0.1) is 10.2 Å². The Morgan fingerprint density at radius 3 is 2.04 bits per heavy atom. The Morgan fingerprint density at radius 1 is 1.08 bits per heavy atom. The Morgan fingerprint density at radius 2 is 1.62 bits per heavy atom. The van der Waals surface area contributed by atoms with Gasteiger partial charge < -0.3 is 4.42 Å². The predicted octanol–water partition coefficient (Wildman–Crippen LogP) is 3.97. The maximum atomic E-state index is 12.8. The van der Waals surface area contributed by atoms with Gasteiger partial charge >= 0.3 is 0 Å². The van der Waals surface area contributed by atoms with Crippen molar-refractivity contribution in [1.29, 1.82) is 0 Å². The minimum atomic E-state index is -3.44. The second-order valence-corrected chi connectivity index (χ2v) is 9.77. The topological polar surface area (TPSA) is 73.1 Å². The average Bonchev–Trinajstić information content (AvgIpc) is 2.87. The van der Waals surface area contributed by atoms with Crippen molar-refractivity contribution in [3.63, 3.8) is 0 Å². The molecular weight excluding hydrogens is 324 g/mol. The molecular formula is C18H26N2O3S. The van der Waals surface area contributed by atoms with Gasteiger partial charge in [0, 0.05) is 6.92 Å². The summed E-state index contributed by atoms with van der Waals surface area (Å²) in [4.78, 5) is 0. The third-order valence-corrected chi connectivity index (χ3v) is 6.31. The van der Waals surface area contributed by atoms with E-state index in [4.69, 9.17) is 4.42 Å². The highest BCUT2D eigenvalue weighted by Crippen LogP contribution is 2.30. The lowest BCUT2D eigenvalue weighted by Gasteiger charge is -2.22. The summed E-state index contributed by atoms with van der Waals surface area (Å²) < 4.78 is 30.8. The van der Waals surface area contributed by atoms with E-state index in [1.54, 1.807) is 13.8 Å². The minimum absolute atomic E-state index is 0.0293. The number of hydrogen-bond donors (Lipinski definition) is 0. The average molecular weight is 350 g/mol. The normalized spacial score (nSPS) is 14.0. The van der Waals surface area contributed by atoms with Crippen molar-refractivity contribution >= 4 is 9.84 Å². The van der Waals surface area contributed by atoms with Crippen LogP contribution in [0.25, 0.3) is 0 Å². The van der Waals surface area contributed by atoms with Crippen molar-refractivity contribution in [2.24, 2.45) is 0 Å². The van der Waals surface area contributed by atoms with E-state index in [1.807, 2.05) is 13.8 Å². The fourth-order valence-corrected chi connectivity index (χ4v) is 4.12. The van der Waals surface area contributed by atoms with Crippen LogP contribution in [0.1, 0.15) is 67.0 Å². The summed E-state index contributed by atoms with van der Waals surface area (Å²) in [7, 11) is -3.44. The molecule has 0 amide bonds. The molecule has 132 valence electrons. The maximum absolute atomic E-state index is 12.8. The third-order valence-electron chi connectivity index (χ3n) is 4.34. The number of aryl methyl sites for hydroxylation is 3. The first-order chi connectivity index (χ1) is 10.9. The Bertz CT molecular complexity index is 822. The minimum Gasteiger partial charge on any atom is -0.424 e. The summed E-state index contributed by atoms with van der Waals surface area (Å²) in [6, 6.07) is 4.17. The van der Waals surface area contributed by atoms with Gasteiger partial charge in [-0.3, -0.25) is 0 Å². The SMILES string of the molecule is Cc1nnc([C@H](C)S(=O)(=O)Cc2c(C)cc(C(C)(C)C)cc2C)o1. The molecule has 0 radical (unpaired) electrons. The molecule has 0 N–H and O–H groups in total. The van der Waals surface area contributed by atoms with Crippen LogP contribution in [-0.2, 0) is 21.0 Å². The lowest BCUT2D eigenvalue weighted by atomic mass is 9.84. The lowest BCUT2D eigenvalue weighted by Crippen LogP contribution is -2.16. The zero-order valence-electron chi connectivity index (χ0n) is 15.5. The van der Waals surface area contributed by atoms with Crippen LogP contribution in [0.2, 0.25) is 0 Å². The lowest BCUT2D eigenvalue weighted by molar-refractivity contribution is 0.461. The summed E-state index contributed by atoms with van der Waals surface area (Å²) >= 11 is 0. The van der Waals surface area contributed by atoms with Crippen LogP contribution >= 0.6 is 0 Å². The number of rotatable bonds is 4. The first-order valence-electron chi connectivity index (χ1n) is 8.04. The standard InChI is InChI=1S/C18H26N2O3S/c1-11-8-15(18(5,6)7)9-12(2)16(11)10-24(21,22)13(3)17-20-19-14(4)23-17/h8-9,13H,10H2,1-7H3/t13-/m0/s1. The highest BCUT2D eigenvalue weighted by molar-refractivity contribution is 7.90. The maximum Gasteiger partial charge on any atom is 0.234 e. The van der Waals surface area contributed by atoms with Crippen LogP contribution < -0.4 is 0 Å². The predicted molar refractivity (Wildman–Crippen MR) is 94.7 cm³/mol. The second kappa shape index (κ2) is 6.31. The Kier molecular flexibility index (Phi) is 4.91. The molecule has 0 aliphatic carbocycles. The van der Waals surface area contributed by atoms with Crippen molar-refractivity contribution in [1.82, 2.24) is 10.2 Å². The third kappa shape index (κ3) is 3.86. The van der Waals surface area contributed by atoms with Crippen LogP contribution in [0.5, 0.6) is 0 Å². The van der Waals surface area contributed by atoms with Crippen molar-refractivity contribution in [2.75, 3.05) is 0 Å². The van der Waals surface area contributed by atoms with Crippen LogP contribution in [0.3, 0.4) is 0 Å². The molecule has 5 nitrogen and oxygen atoms in total. The molecule has 0 fully saturated rings. The number of nitrogens with zero attached hydrogens (tertiary/aromatic N) is 2. The monoisotopic (exact) mass is 350 g/mol. The summed E-state index contributed by atoms with van der Waals surface area (Å²) in [5.74, 6) is 0.487. The highest BCUT2D eigenvalue weighted by Gasteiger charge is 2.29. The number of sulfone groups is 1. The molecule has 0 bridgehead atoms. The molecule has 0 saturated heterocycles. The summed E-state index contributed by atoms with van der Waals surface area (Å²) in [5.41, 5.74) is 4.08. The first-order valence-corrected chi connectivity index (χ1v) is 9.75. The van der Waals surface area contributed by atoms with Crippen molar-refractivity contribution in [3.8, 4) is 0 Å². The van der Waals surface area contributed by atoms with Gasteiger partial charge in [0.05, 0.1) is 5.75 Å². The van der Waals surface area contributed by atoms with Gasteiger partial charge in [-0.25, -0.2) is 8.42 Å². The summed E-state index contributed by atoms with van der Waals surface area (Å²) in [5, 5.41) is 6.75. The van der Waals surface area contributed by atoms with Gasteiger partial charge in [0.25, 0.3) is 0 Å². The summed E-state index contributed by atoms with van der Waals surface area (Å²) in [6.07, 6.45) is 0. The number of benzene rings is 1. The van der Waals surface area contributed by atoms with Crippen LogP contribution in [0.15, 0.2) is 16.5 Å². The van der Waals surface area contributed by atoms with E-state index in [1.165, 1.54) is 5.56 Å². The van der Waals surface area contributed by atoms with Crippen LogP contribution in [0, 0.1) is 20.8 Å². The Balaban J connectivity index is 2.36. The van der Waals surface area contributed by atoms with Crippen molar-refractivity contribution < 1.29 is 12.8 Å². The summed E-state index contributed by atoms with van der Waals surface area (Å²) in [6.45, 7) is 13.6. The first kappa shape index (κ1) is 18.6. The zero-order chi connectivity index (χ0) is 18.3. The molecule has 0 aliphatic heterocycles. The van der Waals surface area contributed by atoms with E-state index in [9.17, 15) is 8.42 Å². The van der Waals surface area contributed by atoms with E-state index < -0.39 is 15.1 Å². The van der Waals surface area contributed by atoms with E-state index in [2.05, 4.69) is 43.1 Å². The van der Waals surface area contributed by atoms with Gasteiger partial charge in [-0.1, -0.05) is 32.9 Å². The van der Waals surface area contributed by atoms with Crippen LogP contribution in [-0.4, -0.2) is 18.6 Å². The van der Waals surface area contributed by atoms with Gasteiger partial charge in [-0.05, 0) is 48.4 Å². The number of aromatic nitrogens is 2. The molecule has 2 rings (SSSR count). The fourth-order valence-electron chi connectivity index (χ4n) is 2.61. The van der Waals surface area contributed by atoms with E-state index in [-0.39, 0.29) is 17.1 Å². The molecule has 0 saturated carbocycles. The van der Waals surface area contributed by atoms with Crippen molar-refractivity contribution in [3.05, 3.63) is 46.2 Å². The van der Waals surface area contributed by atoms with Gasteiger partial charge in [0.2, 0.25) is 11.8 Å². The van der Waals surface area contributed by atoms with E-state index in [0.717, 1.165) is 16.7 Å². The number of hydrogen-bond acceptors (Lipinski definition) is 5. The molecule has 6 heteroatoms. The van der Waals surface area contributed by atoms with Crippen LogP contribution in [0.4, 0.5) is 0 Å². The van der Waals surface area contributed by atoms with Gasteiger partial charge in [-0.2, -0.15) is 0 Å². The molecule has 0 aliphatic rings. The second-order valence-electron chi connectivity index (χ2n) is 7.45. The van der Waals surface area contributed by atoms with Gasteiger partial charge in [0.1, 0.15) is 5.25 Å².